The van der Waals surface area contributed by atoms with Gasteiger partial charge in [-0.05, 0) is 17.2 Å². The predicted molar refractivity (Wildman–Crippen MR) is 86.8 cm³/mol. The Labute approximate surface area is 131 Å². The Balaban J connectivity index is 2.32. The normalized spacial score (nSPS) is 11.9. The molecule has 21 heavy (non-hydrogen) atoms. The van der Waals surface area contributed by atoms with Crippen molar-refractivity contribution in [3.63, 3.8) is 0 Å². The molecule has 1 unspecified atom stereocenters. The number of carbonyl (C=O) groups is 1. The Bertz CT molecular complexity index is 674. The van der Waals surface area contributed by atoms with Gasteiger partial charge in [-0.2, -0.15) is 0 Å². The van der Waals surface area contributed by atoms with E-state index in [0.29, 0.717) is 10.6 Å². The highest BCUT2D eigenvalue weighted by molar-refractivity contribution is 8.14. The van der Waals surface area contributed by atoms with E-state index in [1.165, 1.54) is 0 Å². The van der Waals surface area contributed by atoms with Crippen LogP contribution >= 0.6 is 23.4 Å². The lowest BCUT2D eigenvalue weighted by Gasteiger charge is -2.12. The largest absolute Gasteiger partial charge is 0.480 e. The van der Waals surface area contributed by atoms with Crippen LogP contribution in [0.4, 0.5) is 0 Å². The molecule has 0 saturated heterocycles. The number of aliphatic carboxylic acids is 1. The van der Waals surface area contributed by atoms with Crippen molar-refractivity contribution >= 4 is 34.5 Å². The predicted octanol–water partition coefficient (Wildman–Crippen LogP) is 3.76. The molecule has 0 amide bonds. The van der Waals surface area contributed by atoms with Crippen molar-refractivity contribution in [1.82, 2.24) is 0 Å². The minimum absolute atomic E-state index is 0.224. The van der Waals surface area contributed by atoms with E-state index in [0.717, 1.165) is 22.9 Å². The zero-order valence-corrected chi connectivity index (χ0v) is 12.5. The number of carboxylic acids is 1. The third-order valence-corrected chi connectivity index (χ3v) is 4.16. The van der Waals surface area contributed by atoms with Gasteiger partial charge < -0.3 is 10.8 Å². The monoisotopic (exact) mass is 320 g/mol. The zero-order valence-electron chi connectivity index (χ0n) is 10.9. The number of halogens is 1. The summed E-state index contributed by atoms with van der Waals surface area (Å²) in [6.07, 6.45) is 0. The average Bonchev–Trinajstić information content (AvgIpc) is 2.45. The fourth-order valence-corrected chi connectivity index (χ4v) is 2.81. The Morgan fingerprint density at radius 3 is 2.33 bits per heavy atom. The summed E-state index contributed by atoms with van der Waals surface area (Å²) in [6.45, 7) is 0. The lowest BCUT2D eigenvalue weighted by Crippen LogP contribution is -2.14. The van der Waals surface area contributed by atoms with Gasteiger partial charge in [-0.1, -0.05) is 65.8 Å². The van der Waals surface area contributed by atoms with Gasteiger partial charge in [0.2, 0.25) is 0 Å². The molecule has 0 heterocycles. The van der Waals surface area contributed by atoms with Crippen molar-refractivity contribution < 1.29 is 9.90 Å². The van der Waals surface area contributed by atoms with Gasteiger partial charge in [0.05, 0.1) is 0 Å². The third kappa shape index (κ3) is 3.77. The van der Waals surface area contributed by atoms with Gasteiger partial charge in [0.1, 0.15) is 5.25 Å². The van der Waals surface area contributed by atoms with E-state index in [9.17, 15) is 9.90 Å². The average molecular weight is 321 g/mol. The lowest BCUT2D eigenvalue weighted by molar-refractivity contribution is -0.136. The van der Waals surface area contributed by atoms with Gasteiger partial charge in [0.15, 0.2) is 5.17 Å². The van der Waals surface area contributed by atoms with Crippen LogP contribution in [0.1, 0.15) is 10.8 Å². The molecule has 6 heteroatoms. The summed E-state index contributed by atoms with van der Waals surface area (Å²) in [5.74, 6) is -1.03. The number of benzene rings is 2. The maximum atomic E-state index is 11.3. The smallest absolute Gasteiger partial charge is 0.321 e. The van der Waals surface area contributed by atoms with Gasteiger partial charge in [0.25, 0.3) is 0 Å². The number of rotatable bonds is 4. The SMILES string of the molecule is N=C(N)SC(C(=O)O)c1ccc(-c2ccccc2Cl)cc1. The third-order valence-electron chi connectivity index (χ3n) is 2.87. The summed E-state index contributed by atoms with van der Waals surface area (Å²) in [5.41, 5.74) is 7.65. The van der Waals surface area contributed by atoms with Gasteiger partial charge in [-0.25, -0.2) is 0 Å². The molecule has 2 rings (SSSR count). The molecule has 0 aliphatic heterocycles. The van der Waals surface area contributed by atoms with Gasteiger partial charge >= 0.3 is 5.97 Å². The number of nitrogens with two attached hydrogens (primary N) is 1. The highest BCUT2D eigenvalue weighted by Gasteiger charge is 2.21. The van der Waals surface area contributed by atoms with E-state index in [1.54, 1.807) is 18.2 Å². The first-order valence-corrected chi connectivity index (χ1v) is 7.33. The van der Waals surface area contributed by atoms with Crippen LogP contribution in [0, 0.1) is 5.41 Å². The van der Waals surface area contributed by atoms with Gasteiger partial charge in [0, 0.05) is 10.6 Å². The molecule has 1 atom stereocenters. The lowest BCUT2D eigenvalue weighted by atomic mass is 10.0. The minimum atomic E-state index is -1.03. The summed E-state index contributed by atoms with van der Waals surface area (Å²) in [6, 6.07) is 14.5. The van der Waals surface area contributed by atoms with Gasteiger partial charge in [-0.15, -0.1) is 0 Å². The van der Waals surface area contributed by atoms with E-state index in [-0.39, 0.29) is 5.17 Å². The fraction of sp³-hybridized carbons (Fsp3) is 0.0667. The summed E-state index contributed by atoms with van der Waals surface area (Å²) in [4.78, 5) is 11.3. The molecule has 2 aromatic rings. The van der Waals surface area contributed by atoms with Crippen LogP contribution in [0.5, 0.6) is 0 Å². The van der Waals surface area contributed by atoms with Crippen molar-refractivity contribution in [1.29, 1.82) is 5.41 Å². The van der Waals surface area contributed by atoms with Crippen molar-refractivity contribution in [3.05, 3.63) is 59.1 Å². The Morgan fingerprint density at radius 2 is 1.81 bits per heavy atom. The van der Waals surface area contributed by atoms with Crippen LogP contribution in [-0.4, -0.2) is 16.2 Å². The Kier molecular flexibility index (Phi) is 4.88. The molecule has 0 fully saturated rings. The van der Waals surface area contributed by atoms with Crippen molar-refractivity contribution in [3.8, 4) is 11.1 Å². The van der Waals surface area contributed by atoms with Crippen LogP contribution < -0.4 is 5.73 Å². The van der Waals surface area contributed by atoms with Crippen molar-refractivity contribution in [2.75, 3.05) is 0 Å². The summed E-state index contributed by atoms with van der Waals surface area (Å²) < 4.78 is 0. The molecule has 0 aliphatic carbocycles. The number of carboxylic acid groups (broad SMARTS) is 1. The Morgan fingerprint density at radius 1 is 1.19 bits per heavy atom. The maximum absolute atomic E-state index is 11.3. The molecule has 108 valence electrons. The van der Waals surface area contributed by atoms with Crippen LogP contribution in [0.3, 0.4) is 0 Å². The molecule has 4 N–H and O–H groups in total. The van der Waals surface area contributed by atoms with Gasteiger partial charge in [-0.3, -0.25) is 10.2 Å². The molecule has 0 spiro atoms. The van der Waals surface area contributed by atoms with Crippen LogP contribution in [-0.2, 0) is 4.79 Å². The first-order chi connectivity index (χ1) is 9.99. The molecular weight excluding hydrogens is 308 g/mol. The van der Waals surface area contributed by atoms with E-state index in [2.05, 4.69) is 0 Å². The topological polar surface area (TPSA) is 87.2 Å². The molecule has 0 radical (unpaired) electrons. The molecule has 0 saturated carbocycles. The fourth-order valence-electron chi connectivity index (χ4n) is 1.92. The molecule has 0 aromatic heterocycles. The highest BCUT2D eigenvalue weighted by atomic mass is 35.5. The number of nitrogens with one attached hydrogen (secondary N) is 1. The summed E-state index contributed by atoms with van der Waals surface area (Å²) >= 11 is 6.94. The first kappa shape index (κ1) is 15.4. The van der Waals surface area contributed by atoms with Crippen molar-refractivity contribution in [2.24, 2.45) is 5.73 Å². The maximum Gasteiger partial charge on any atom is 0.321 e. The second kappa shape index (κ2) is 6.65. The Hall–Kier alpha value is -1.98. The second-order valence-corrected chi connectivity index (χ2v) is 5.86. The van der Waals surface area contributed by atoms with Crippen molar-refractivity contribution in [2.45, 2.75) is 5.25 Å². The number of thioether (sulfide) groups is 1. The van der Waals surface area contributed by atoms with Crippen LogP contribution in [0.2, 0.25) is 5.02 Å². The molecular formula is C15H13ClN2O2S. The summed E-state index contributed by atoms with van der Waals surface area (Å²) in [5, 5.41) is 16.0. The molecule has 4 nitrogen and oxygen atoms in total. The van der Waals surface area contributed by atoms with Crippen LogP contribution in [0.25, 0.3) is 11.1 Å². The molecule has 2 aromatic carbocycles. The molecule has 0 bridgehead atoms. The van der Waals surface area contributed by atoms with E-state index in [4.69, 9.17) is 22.7 Å². The highest BCUT2D eigenvalue weighted by Crippen LogP contribution is 2.32. The van der Waals surface area contributed by atoms with E-state index >= 15 is 0 Å². The first-order valence-electron chi connectivity index (χ1n) is 6.07. The number of hydrogen-bond acceptors (Lipinski definition) is 3. The van der Waals surface area contributed by atoms with E-state index < -0.39 is 11.2 Å². The summed E-state index contributed by atoms with van der Waals surface area (Å²) in [7, 11) is 0. The number of amidine groups is 1. The second-order valence-electron chi connectivity index (χ2n) is 4.30. The standard InChI is InChI=1S/C15H13ClN2O2S/c16-12-4-2-1-3-11(12)9-5-7-10(8-6-9)13(14(19)20)21-15(17)18/h1-8,13H,(H3,17,18)(H,19,20). The van der Waals surface area contributed by atoms with E-state index in [1.807, 2.05) is 30.3 Å². The number of hydrogen-bond donors (Lipinski definition) is 3. The van der Waals surface area contributed by atoms with Crippen LogP contribution in [0.15, 0.2) is 48.5 Å². The zero-order chi connectivity index (χ0) is 15.4. The molecule has 0 aliphatic rings. The minimum Gasteiger partial charge on any atom is -0.480 e. The quantitative estimate of drug-likeness (QED) is 0.591.